The number of nitrogens with zero attached hydrogens (tertiary/aromatic N) is 3. The minimum absolute atomic E-state index is 0.0412. The third-order valence-corrected chi connectivity index (χ3v) is 3.13. The lowest BCUT2D eigenvalue weighted by Gasteiger charge is -2.09. The fourth-order valence-electron chi connectivity index (χ4n) is 1.81. The van der Waals surface area contributed by atoms with Crippen LogP contribution in [0, 0.1) is 11.3 Å². The number of aryl methyl sites for hydroxylation is 1. The van der Waals surface area contributed by atoms with E-state index in [2.05, 4.69) is 9.97 Å². The predicted octanol–water partition coefficient (Wildman–Crippen LogP) is 2.40. The number of nitrogens with two attached hydrogens (primary N) is 2. The number of aromatic nitrogens is 2. The highest BCUT2D eigenvalue weighted by molar-refractivity contribution is 6.31. The molecule has 0 aliphatic rings. The van der Waals surface area contributed by atoms with Gasteiger partial charge in [0, 0.05) is 10.6 Å². The van der Waals surface area contributed by atoms with E-state index < -0.39 is 0 Å². The molecule has 0 unspecified atom stereocenters. The molecular formula is C13H12ClN5. The SMILES string of the molecule is CCc1cc(-c2nc(N)nc(N)c2C#N)ccc1Cl. The Kier molecular flexibility index (Phi) is 3.54. The maximum Gasteiger partial charge on any atom is 0.222 e. The van der Waals surface area contributed by atoms with Crippen LogP contribution in [0.5, 0.6) is 0 Å². The van der Waals surface area contributed by atoms with Crippen LogP contribution in [0.2, 0.25) is 5.02 Å². The predicted molar refractivity (Wildman–Crippen MR) is 75.4 cm³/mol. The van der Waals surface area contributed by atoms with Gasteiger partial charge in [0.25, 0.3) is 0 Å². The van der Waals surface area contributed by atoms with Crippen molar-refractivity contribution >= 4 is 23.4 Å². The van der Waals surface area contributed by atoms with Gasteiger partial charge in [0.05, 0.1) is 5.69 Å². The van der Waals surface area contributed by atoms with E-state index in [1.165, 1.54) is 0 Å². The van der Waals surface area contributed by atoms with Gasteiger partial charge in [-0.3, -0.25) is 0 Å². The first-order valence-electron chi connectivity index (χ1n) is 5.68. The monoisotopic (exact) mass is 273 g/mol. The summed E-state index contributed by atoms with van der Waals surface area (Å²) in [6.07, 6.45) is 0.782. The molecule has 0 atom stereocenters. The minimum Gasteiger partial charge on any atom is -0.382 e. The zero-order valence-electron chi connectivity index (χ0n) is 10.3. The van der Waals surface area contributed by atoms with E-state index in [-0.39, 0.29) is 17.3 Å². The van der Waals surface area contributed by atoms with E-state index in [1.54, 1.807) is 12.1 Å². The number of nitrogen functional groups attached to an aromatic ring is 2. The molecule has 0 saturated heterocycles. The second-order valence-electron chi connectivity index (χ2n) is 3.96. The van der Waals surface area contributed by atoms with Gasteiger partial charge < -0.3 is 11.5 Å². The van der Waals surface area contributed by atoms with Gasteiger partial charge in [-0.2, -0.15) is 10.2 Å². The highest BCUT2D eigenvalue weighted by atomic mass is 35.5. The Morgan fingerprint density at radius 2 is 2.05 bits per heavy atom. The zero-order valence-corrected chi connectivity index (χ0v) is 11.1. The first-order valence-corrected chi connectivity index (χ1v) is 6.06. The fraction of sp³-hybridized carbons (Fsp3) is 0.154. The van der Waals surface area contributed by atoms with Gasteiger partial charge in [-0.05, 0) is 24.1 Å². The van der Waals surface area contributed by atoms with Crippen LogP contribution in [0.25, 0.3) is 11.3 Å². The largest absolute Gasteiger partial charge is 0.382 e. The van der Waals surface area contributed by atoms with Gasteiger partial charge >= 0.3 is 0 Å². The van der Waals surface area contributed by atoms with Crippen LogP contribution in [-0.2, 0) is 6.42 Å². The molecule has 6 heteroatoms. The molecule has 0 radical (unpaired) electrons. The molecule has 19 heavy (non-hydrogen) atoms. The minimum atomic E-state index is 0.0412. The highest BCUT2D eigenvalue weighted by Crippen LogP contribution is 2.28. The Hall–Kier alpha value is -2.32. The summed E-state index contributed by atoms with van der Waals surface area (Å²) in [6, 6.07) is 7.43. The van der Waals surface area contributed by atoms with Gasteiger partial charge in [0.15, 0.2) is 0 Å². The number of nitriles is 1. The zero-order chi connectivity index (χ0) is 14.0. The van der Waals surface area contributed by atoms with Crippen molar-refractivity contribution in [2.24, 2.45) is 0 Å². The lowest BCUT2D eigenvalue weighted by molar-refractivity contribution is 1.13. The van der Waals surface area contributed by atoms with Crippen molar-refractivity contribution in [2.45, 2.75) is 13.3 Å². The summed E-state index contributed by atoms with van der Waals surface area (Å²) in [7, 11) is 0. The average Bonchev–Trinajstić information content (AvgIpc) is 2.38. The van der Waals surface area contributed by atoms with Crippen molar-refractivity contribution in [3.63, 3.8) is 0 Å². The van der Waals surface area contributed by atoms with E-state index in [0.717, 1.165) is 17.5 Å². The Morgan fingerprint density at radius 1 is 1.32 bits per heavy atom. The number of halogens is 1. The van der Waals surface area contributed by atoms with Crippen molar-refractivity contribution in [3.8, 4) is 17.3 Å². The summed E-state index contributed by atoms with van der Waals surface area (Å²) in [5.41, 5.74) is 13.6. The molecule has 0 saturated carbocycles. The smallest absolute Gasteiger partial charge is 0.222 e. The van der Waals surface area contributed by atoms with Crippen molar-refractivity contribution < 1.29 is 0 Å². The number of benzene rings is 1. The topological polar surface area (TPSA) is 102 Å². The molecule has 2 rings (SSSR count). The van der Waals surface area contributed by atoms with Gasteiger partial charge in [-0.25, -0.2) is 4.98 Å². The van der Waals surface area contributed by atoms with Crippen molar-refractivity contribution in [1.29, 1.82) is 5.26 Å². The lowest BCUT2D eigenvalue weighted by Crippen LogP contribution is -2.05. The molecule has 5 nitrogen and oxygen atoms in total. The summed E-state index contributed by atoms with van der Waals surface area (Å²) in [5, 5.41) is 9.84. The summed E-state index contributed by atoms with van der Waals surface area (Å²) in [4.78, 5) is 7.89. The summed E-state index contributed by atoms with van der Waals surface area (Å²) >= 11 is 6.07. The molecular weight excluding hydrogens is 262 g/mol. The first kappa shape index (κ1) is 13.1. The standard InChI is InChI=1S/C13H12ClN5/c1-2-7-5-8(3-4-10(7)14)11-9(6-15)12(16)19-13(17)18-11/h3-5H,2H2,1H3,(H4,16,17,18,19). The lowest BCUT2D eigenvalue weighted by atomic mass is 10.0. The molecule has 1 aromatic carbocycles. The Bertz CT molecular complexity index is 675. The third-order valence-electron chi connectivity index (χ3n) is 2.77. The van der Waals surface area contributed by atoms with Gasteiger partial charge in [0.2, 0.25) is 5.95 Å². The molecule has 0 aliphatic carbocycles. The van der Waals surface area contributed by atoms with Crippen LogP contribution in [0.3, 0.4) is 0 Å². The fourth-order valence-corrected chi connectivity index (χ4v) is 2.06. The number of hydrogen-bond acceptors (Lipinski definition) is 5. The van der Waals surface area contributed by atoms with E-state index >= 15 is 0 Å². The maximum absolute atomic E-state index is 9.16. The van der Waals surface area contributed by atoms with Crippen molar-refractivity contribution in [3.05, 3.63) is 34.3 Å². The van der Waals surface area contributed by atoms with E-state index in [0.29, 0.717) is 10.7 Å². The Morgan fingerprint density at radius 3 is 2.68 bits per heavy atom. The second-order valence-corrected chi connectivity index (χ2v) is 4.37. The van der Waals surface area contributed by atoms with E-state index in [1.807, 2.05) is 19.1 Å². The van der Waals surface area contributed by atoms with E-state index in [4.69, 9.17) is 28.3 Å². The number of anilines is 2. The van der Waals surface area contributed by atoms with Crippen LogP contribution in [0.15, 0.2) is 18.2 Å². The number of rotatable bonds is 2. The quantitative estimate of drug-likeness (QED) is 0.875. The molecule has 0 aliphatic heterocycles. The number of hydrogen-bond donors (Lipinski definition) is 2. The molecule has 2 aromatic rings. The molecule has 4 N–H and O–H groups in total. The molecule has 0 fully saturated rings. The second kappa shape index (κ2) is 5.12. The summed E-state index contributed by atoms with van der Waals surface area (Å²) < 4.78 is 0. The average molecular weight is 274 g/mol. The van der Waals surface area contributed by atoms with Crippen molar-refractivity contribution in [1.82, 2.24) is 9.97 Å². The van der Waals surface area contributed by atoms with Crippen LogP contribution < -0.4 is 11.5 Å². The maximum atomic E-state index is 9.16. The van der Waals surface area contributed by atoms with E-state index in [9.17, 15) is 0 Å². The summed E-state index contributed by atoms with van der Waals surface area (Å²) in [6.45, 7) is 2.00. The van der Waals surface area contributed by atoms with Crippen LogP contribution in [0.4, 0.5) is 11.8 Å². The normalized spacial score (nSPS) is 10.2. The third kappa shape index (κ3) is 2.44. The molecule has 1 heterocycles. The van der Waals surface area contributed by atoms with Crippen molar-refractivity contribution in [2.75, 3.05) is 11.5 Å². The molecule has 0 spiro atoms. The molecule has 0 amide bonds. The van der Waals surface area contributed by atoms with Crippen LogP contribution >= 0.6 is 11.6 Å². The Balaban J connectivity index is 2.68. The first-order chi connectivity index (χ1) is 9.06. The van der Waals surface area contributed by atoms with Gasteiger partial charge in [-0.15, -0.1) is 0 Å². The summed E-state index contributed by atoms with van der Waals surface area (Å²) in [5.74, 6) is 0.123. The van der Waals surface area contributed by atoms with Crippen LogP contribution in [-0.4, -0.2) is 9.97 Å². The van der Waals surface area contributed by atoms with Crippen LogP contribution in [0.1, 0.15) is 18.1 Å². The van der Waals surface area contributed by atoms with Gasteiger partial charge in [-0.1, -0.05) is 24.6 Å². The highest BCUT2D eigenvalue weighted by Gasteiger charge is 2.14. The molecule has 1 aromatic heterocycles. The Labute approximate surface area is 115 Å². The van der Waals surface area contributed by atoms with Gasteiger partial charge in [0.1, 0.15) is 17.5 Å². The molecule has 96 valence electrons. The molecule has 0 bridgehead atoms.